The van der Waals surface area contributed by atoms with Crippen molar-refractivity contribution in [2.24, 2.45) is 0 Å². The molecule has 1 aromatic rings. The lowest BCUT2D eigenvalue weighted by Crippen LogP contribution is -1.93. The van der Waals surface area contributed by atoms with Crippen LogP contribution in [0.2, 0.25) is 0 Å². The zero-order valence-electron chi connectivity index (χ0n) is 10.7. The molecule has 1 heteroatoms. The molecule has 0 aliphatic carbocycles. The van der Waals surface area contributed by atoms with E-state index in [9.17, 15) is 0 Å². The molecule has 0 spiro atoms. The van der Waals surface area contributed by atoms with E-state index in [2.05, 4.69) is 61.3 Å². The smallest absolute Gasteiger partial charge is 0.00939 e. The molecule has 0 saturated carbocycles. The molecular formula is C15H22S. The van der Waals surface area contributed by atoms with Gasteiger partial charge in [-0.15, -0.1) is 0 Å². The van der Waals surface area contributed by atoms with Crippen LogP contribution in [-0.4, -0.2) is 18.8 Å². The molecule has 0 radical (unpaired) electrons. The Morgan fingerprint density at radius 2 is 1.88 bits per heavy atom. The van der Waals surface area contributed by atoms with Gasteiger partial charge in [0.15, 0.2) is 0 Å². The lowest BCUT2D eigenvalue weighted by atomic mass is 10.1. The van der Waals surface area contributed by atoms with Crippen molar-refractivity contribution < 1.29 is 0 Å². The summed E-state index contributed by atoms with van der Waals surface area (Å²) in [7, 11) is -0.599. The van der Waals surface area contributed by atoms with Crippen LogP contribution in [0.3, 0.4) is 0 Å². The van der Waals surface area contributed by atoms with E-state index in [0.717, 1.165) is 6.42 Å². The third-order valence-corrected chi connectivity index (χ3v) is 4.07. The minimum atomic E-state index is -0.599. The zero-order chi connectivity index (χ0) is 12.0. The molecule has 0 nitrogen and oxygen atoms in total. The first-order valence-corrected chi connectivity index (χ1v) is 8.45. The second-order valence-corrected chi connectivity index (χ2v) is 8.79. The van der Waals surface area contributed by atoms with Crippen LogP contribution in [0.1, 0.15) is 12.5 Å². The summed E-state index contributed by atoms with van der Waals surface area (Å²) in [5.41, 5.74) is 1.40. The molecule has 0 aromatic heterocycles. The fourth-order valence-electron chi connectivity index (χ4n) is 1.45. The molecule has 16 heavy (non-hydrogen) atoms. The minimum Gasteiger partial charge on any atom is -0.223 e. The average molecular weight is 234 g/mol. The normalized spacial score (nSPS) is 13.8. The molecular weight excluding hydrogens is 212 g/mol. The van der Waals surface area contributed by atoms with Crippen LogP contribution >= 0.6 is 10.0 Å². The van der Waals surface area contributed by atoms with Gasteiger partial charge in [0, 0.05) is 0 Å². The summed E-state index contributed by atoms with van der Waals surface area (Å²) >= 11 is 0. The lowest BCUT2D eigenvalue weighted by molar-refractivity contribution is 1.23. The quantitative estimate of drug-likeness (QED) is 0.677. The van der Waals surface area contributed by atoms with E-state index in [4.69, 9.17) is 0 Å². The summed E-state index contributed by atoms with van der Waals surface area (Å²) in [5.74, 6) is 0. The van der Waals surface area contributed by atoms with E-state index in [1.807, 2.05) is 13.0 Å². The molecule has 0 fully saturated rings. The minimum absolute atomic E-state index is 0.599. The molecule has 0 unspecified atom stereocenters. The van der Waals surface area contributed by atoms with Gasteiger partial charge in [-0.3, -0.25) is 0 Å². The molecule has 0 N–H and O–H groups in total. The Hall–Kier alpha value is -0.950. The third kappa shape index (κ3) is 4.28. The van der Waals surface area contributed by atoms with E-state index in [1.165, 1.54) is 10.5 Å². The Labute approximate surface area is 101 Å². The Kier molecular flexibility index (Phi) is 4.88. The van der Waals surface area contributed by atoms with Gasteiger partial charge in [-0.05, 0) is 48.6 Å². The Bertz CT molecular complexity index is 381. The van der Waals surface area contributed by atoms with Gasteiger partial charge in [0.25, 0.3) is 0 Å². The SMILES string of the molecule is C/C=C\C=C/Cc1cccc(S(C)(C)C)c1. The number of hydrogen-bond donors (Lipinski definition) is 0. The van der Waals surface area contributed by atoms with E-state index in [0.29, 0.717) is 0 Å². The number of hydrogen-bond acceptors (Lipinski definition) is 0. The van der Waals surface area contributed by atoms with Crippen molar-refractivity contribution in [2.75, 3.05) is 18.8 Å². The van der Waals surface area contributed by atoms with Crippen molar-refractivity contribution in [2.45, 2.75) is 18.2 Å². The highest BCUT2D eigenvalue weighted by molar-refractivity contribution is 8.32. The molecule has 0 aliphatic rings. The third-order valence-electron chi connectivity index (χ3n) is 2.40. The second-order valence-electron chi connectivity index (χ2n) is 4.64. The highest BCUT2D eigenvalue weighted by atomic mass is 32.3. The lowest BCUT2D eigenvalue weighted by Gasteiger charge is -2.26. The van der Waals surface area contributed by atoms with Crippen molar-refractivity contribution in [3.05, 3.63) is 54.1 Å². The maximum atomic E-state index is 2.34. The molecule has 0 bridgehead atoms. The van der Waals surface area contributed by atoms with E-state index in [1.54, 1.807) is 0 Å². The summed E-state index contributed by atoms with van der Waals surface area (Å²) in [6.07, 6.45) is 16.5. The maximum Gasteiger partial charge on any atom is -0.00939 e. The Morgan fingerprint density at radius 3 is 2.50 bits per heavy atom. The number of allylic oxidation sites excluding steroid dienone is 4. The predicted molar refractivity (Wildman–Crippen MR) is 77.7 cm³/mol. The predicted octanol–water partition coefficient (Wildman–Crippen LogP) is 4.41. The highest BCUT2D eigenvalue weighted by Crippen LogP contribution is 2.45. The zero-order valence-corrected chi connectivity index (χ0v) is 11.6. The molecule has 0 atom stereocenters. The second kappa shape index (κ2) is 5.95. The molecule has 0 saturated heterocycles. The summed E-state index contributed by atoms with van der Waals surface area (Å²) in [6.45, 7) is 2.04. The van der Waals surface area contributed by atoms with Gasteiger partial charge in [0.05, 0.1) is 0 Å². The number of benzene rings is 1. The van der Waals surface area contributed by atoms with E-state index < -0.39 is 10.0 Å². The fraction of sp³-hybridized carbons (Fsp3) is 0.333. The Morgan fingerprint density at radius 1 is 1.12 bits per heavy atom. The van der Waals surface area contributed by atoms with Crippen LogP contribution in [0, 0.1) is 0 Å². The van der Waals surface area contributed by atoms with Crippen LogP contribution < -0.4 is 0 Å². The molecule has 88 valence electrons. The van der Waals surface area contributed by atoms with Crippen LogP contribution in [0.25, 0.3) is 0 Å². The number of rotatable bonds is 4. The van der Waals surface area contributed by atoms with Gasteiger partial charge in [0.2, 0.25) is 0 Å². The van der Waals surface area contributed by atoms with Crippen molar-refractivity contribution in [1.82, 2.24) is 0 Å². The van der Waals surface area contributed by atoms with Crippen molar-refractivity contribution in [3.8, 4) is 0 Å². The Balaban J connectivity index is 2.75. The summed E-state index contributed by atoms with van der Waals surface area (Å²) < 4.78 is 0. The van der Waals surface area contributed by atoms with Gasteiger partial charge in [-0.2, -0.15) is 0 Å². The molecule has 0 aliphatic heterocycles. The first-order chi connectivity index (χ1) is 7.54. The largest absolute Gasteiger partial charge is 0.223 e. The maximum absolute atomic E-state index is 2.34. The van der Waals surface area contributed by atoms with Crippen molar-refractivity contribution in [1.29, 1.82) is 0 Å². The van der Waals surface area contributed by atoms with Gasteiger partial charge in [-0.1, -0.05) is 42.5 Å². The topological polar surface area (TPSA) is 0 Å². The van der Waals surface area contributed by atoms with Gasteiger partial charge < -0.3 is 0 Å². The standard InChI is InChI=1S/C15H22S/c1-5-6-7-8-10-14-11-9-12-15(13-14)16(2,3)4/h5-9,11-13H,10H2,1-4H3/b6-5-,8-7-. The van der Waals surface area contributed by atoms with Crippen LogP contribution in [0.15, 0.2) is 53.5 Å². The van der Waals surface area contributed by atoms with Gasteiger partial charge in [-0.25, -0.2) is 10.0 Å². The molecule has 1 rings (SSSR count). The van der Waals surface area contributed by atoms with Crippen LogP contribution in [0.4, 0.5) is 0 Å². The van der Waals surface area contributed by atoms with Gasteiger partial charge in [0.1, 0.15) is 0 Å². The summed E-state index contributed by atoms with van der Waals surface area (Å²) in [6, 6.07) is 8.96. The highest BCUT2D eigenvalue weighted by Gasteiger charge is 2.07. The van der Waals surface area contributed by atoms with Crippen LogP contribution in [0.5, 0.6) is 0 Å². The van der Waals surface area contributed by atoms with Crippen molar-refractivity contribution >= 4 is 10.0 Å². The van der Waals surface area contributed by atoms with Crippen LogP contribution in [-0.2, 0) is 6.42 Å². The average Bonchev–Trinajstić information content (AvgIpc) is 2.24. The molecule has 1 aromatic carbocycles. The molecule has 0 heterocycles. The first kappa shape index (κ1) is 13.1. The van der Waals surface area contributed by atoms with Gasteiger partial charge >= 0.3 is 0 Å². The van der Waals surface area contributed by atoms with E-state index in [-0.39, 0.29) is 0 Å². The summed E-state index contributed by atoms with van der Waals surface area (Å²) in [4.78, 5) is 1.49. The molecule has 0 amide bonds. The van der Waals surface area contributed by atoms with E-state index >= 15 is 0 Å². The monoisotopic (exact) mass is 234 g/mol. The first-order valence-electron chi connectivity index (χ1n) is 5.59. The van der Waals surface area contributed by atoms with Crippen molar-refractivity contribution in [3.63, 3.8) is 0 Å². The summed E-state index contributed by atoms with van der Waals surface area (Å²) in [5, 5.41) is 0. The fourth-order valence-corrected chi connectivity index (χ4v) is 2.44.